The maximum Gasteiger partial charge on any atom is 0.149 e. The van der Waals surface area contributed by atoms with Crippen LogP contribution < -0.4 is 16.8 Å². The van der Waals surface area contributed by atoms with Crippen molar-refractivity contribution in [2.75, 3.05) is 56.7 Å². The lowest BCUT2D eigenvalue weighted by Gasteiger charge is -2.17. The molecule has 6 heteroatoms. The monoisotopic (exact) mass is 281 g/mol. The molecule has 0 amide bonds. The van der Waals surface area contributed by atoms with Gasteiger partial charge in [0.1, 0.15) is 5.82 Å². The van der Waals surface area contributed by atoms with Crippen LogP contribution in [0, 0.1) is 0 Å². The van der Waals surface area contributed by atoms with Gasteiger partial charge in [0.25, 0.3) is 0 Å². The van der Waals surface area contributed by atoms with Crippen LogP contribution in [0.3, 0.4) is 0 Å². The van der Waals surface area contributed by atoms with E-state index in [0.717, 1.165) is 45.7 Å². The van der Waals surface area contributed by atoms with E-state index in [2.05, 4.69) is 29.2 Å². The number of pyridine rings is 1. The Hall–Kier alpha value is -1.53. The number of ether oxygens (including phenoxy) is 1. The Balaban J connectivity index is 2.12. The molecule has 114 valence electrons. The average Bonchev–Trinajstić information content (AvgIpc) is 2.41. The van der Waals surface area contributed by atoms with E-state index in [9.17, 15) is 0 Å². The third-order valence-electron chi connectivity index (χ3n) is 2.91. The van der Waals surface area contributed by atoms with Crippen molar-refractivity contribution < 1.29 is 4.74 Å². The molecule has 0 atom stereocenters. The SMILES string of the molecule is CCCOCCN(C)CCCNc1ncc(N)cc1N. The van der Waals surface area contributed by atoms with Gasteiger partial charge in [-0.3, -0.25) is 0 Å². The van der Waals surface area contributed by atoms with E-state index in [1.54, 1.807) is 12.3 Å². The number of likely N-dealkylation sites (N-methyl/N-ethyl adjacent to an activating group) is 1. The van der Waals surface area contributed by atoms with Crippen LogP contribution in [0.1, 0.15) is 19.8 Å². The average molecular weight is 281 g/mol. The second-order valence-electron chi connectivity index (χ2n) is 4.90. The molecule has 0 spiro atoms. The smallest absolute Gasteiger partial charge is 0.149 e. The molecule has 0 fully saturated rings. The van der Waals surface area contributed by atoms with E-state index in [1.165, 1.54) is 0 Å². The molecule has 1 rings (SSSR count). The summed E-state index contributed by atoms with van der Waals surface area (Å²) in [6, 6.07) is 1.71. The molecule has 0 aromatic carbocycles. The molecule has 0 radical (unpaired) electrons. The lowest BCUT2D eigenvalue weighted by atomic mass is 10.3. The zero-order valence-electron chi connectivity index (χ0n) is 12.6. The van der Waals surface area contributed by atoms with Gasteiger partial charge in [-0.1, -0.05) is 6.92 Å². The third-order valence-corrected chi connectivity index (χ3v) is 2.91. The first kappa shape index (κ1) is 16.5. The van der Waals surface area contributed by atoms with Crippen LogP contribution in [0.15, 0.2) is 12.3 Å². The molecule has 20 heavy (non-hydrogen) atoms. The van der Waals surface area contributed by atoms with Crippen molar-refractivity contribution >= 4 is 17.2 Å². The number of hydrogen-bond acceptors (Lipinski definition) is 6. The van der Waals surface area contributed by atoms with Gasteiger partial charge in [-0.25, -0.2) is 4.98 Å². The van der Waals surface area contributed by atoms with Crippen molar-refractivity contribution in [3.63, 3.8) is 0 Å². The van der Waals surface area contributed by atoms with Gasteiger partial charge in [-0.05, 0) is 32.5 Å². The van der Waals surface area contributed by atoms with E-state index in [4.69, 9.17) is 16.2 Å². The largest absolute Gasteiger partial charge is 0.397 e. The second kappa shape index (κ2) is 9.39. The van der Waals surface area contributed by atoms with Crippen LogP contribution in [-0.4, -0.2) is 49.8 Å². The summed E-state index contributed by atoms with van der Waals surface area (Å²) >= 11 is 0. The molecule has 6 nitrogen and oxygen atoms in total. The number of aromatic nitrogens is 1. The fourth-order valence-electron chi connectivity index (χ4n) is 1.78. The van der Waals surface area contributed by atoms with Crippen molar-refractivity contribution in [3.8, 4) is 0 Å². The number of rotatable bonds is 10. The van der Waals surface area contributed by atoms with E-state index in [0.29, 0.717) is 17.2 Å². The normalized spacial score (nSPS) is 10.9. The number of hydrogen-bond donors (Lipinski definition) is 3. The minimum atomic E-state index is 0.583. The fourth-order valence-corrected chi connectivity index (χ4v) is 1.78. The summed E-state index contributed by atoms with van der Waals surface area (Å²) in [4.78, 5) is 6.43. The first-order valence-electron chi connectivity index (χ1n) is 7.14. The topological polar surface area (TPSA) is 89.4 Å². The Bertz CT molecular complexity index is 386. The number of nitrogens with zero attached hydrogens (tertiary/aromatic N) is 2. The van der Waals surface area contributed by atoms with Gasteiger partial charge in [0, 0.05) is 19.7 Å². The van der Waals surface area contributed by atoms with Crippen LogP contribution in [0.25, 0.3) is 0 Å². The molecular weight excluding hydrogens is 254 g/mol. The molecule has 0 aliphatic rings. The summed E-state index contributed by atoms with van der Waals surface area (Å²) in [6.45, 7) is 6.56. The van der Waals surface area contributed by atoms with Crippen molar-refractivity contribution in [2.24, 2.45) is 0 Å². The van der Waals surface area contributed by atoms with Crippen LogP contribution >= 0.6 is 0 Å². The zero-order valence-corrected chi connectivity index (χ0v) is 12.6. The Kier molecular flexibility index (Phi) is 7.75. The molecule has 1 heterocycles. The van der Waals surface area contributed by atoms with Crippen molar-refractivity contribution in [1.82, 2.24) is 9.88 Å². The minimum absolute atomic E-state index is 0.583. The predicted molar refractivity (Wildman–Crippen MR) is 84.8 cm³/mol. The molecular formula is C14H27N5O. The van der Waals surface area contributed by atoms with Crippen molar-refractivity contribution in [2.45, 2.75) is 19.8 Å². The number of nitrogens with two attached hydrogens (primary N) is 2. The summed E-state index contributed by atoms with van der Waals surface area (Å²) < 4.78 is 5.46. The van der Waals surface area contributed by atoms with Crippen molar-refractivity contribution in [1.29, 1.82) is 0 Å². The quantitative estimate of drug-likeness (QED) is 0.562. The van der Waals surface area contributed by atoms with Gasteiger partial charge >= 0.3 is 0 Å². The standard InChI is InChI=1S/C14H27N5O/c1-3-8-20-9-7-19(2)6-4-5-17-14-13(16)10-12(15)11-18-14/h10-11H,3-9,15-16H2,1-2H3,(H,17,18). The summed E-state index contributed by atoms with van der Waals surface area (Å²) in [5.41, 5.74) is 12.6. The number of nitrogens with one attached hydrogen (secondary N) is 1. The summed E-state index contributed by atoms with van der Waals surface area (Å²) in [6.07, 6.45) is 3.70. The molecule has 0 saturated heterocycles. The molecule has 0 aliphatic heterocycles. The van der Waals surface area contributed by atoms with E-state index >= 15 is 0 Å². The summed E-state index contributed by atoms with van der Waals surface area (Å²) in [7, 11) is 2.10. The summed E-state index contributed by atoms with van der Waals surface area (Å²) in [5.74, 6) is 0.702. The molecule has 1 aromatic heterocycles. The number of nitrogen functional groups attached to an aromatic ring is 2. The second-order valence-corrected chi connectivity index (χ2v) is 4.90. The number of anilines is 3. The van der Waals surface area contributed by atoms with Crippen LogP contribution in [0.5, 0.6) is 0 Å². The first-order valence-corrected chi connectivity index (χ1v) is 7.14. The third kappa shape index (κ3) is 6.58. The van der Waals surface area contributed by atoms with Gasteiger partial charge in [0.05, 0.1) is 24.2 Å². The van der Waals surface area contributed by atoms with Gasteiger partial charge in [-0.15, -0.1) is 0 Å². The van der Waals surface area contributed by atoms with Gasteiger partial charge < -0.3 is 26.4 Å². The van der Waals surface area contributed by atoms with E-state index in [1.807, 2.05) is 0 Å². The maximum atomic E-state index is 5.83. The Morgan fingerprint density at radius 1 is 1.30 bits per heavy atom. The van der Waals surface area contributed by atoms with Gasteiger partial charge in [-0.2, -0.15) is 0 Å². The molecule has 5 N–H and O–H groups in total. The Morgan fingerprint density at radius 2 is 2.10 bits per heavy atom. The van der Waals surface area contributed by atoms with Crippen LogP contribution in [0.2, 0.25) is 0 Å². The molecule has 0 bridgehead atoms. The van der Waals surface area contributed by atoms with E-state index < -0.39 is 0 Å². The minimum Gasteiger partial charge on any atom is -0.397 e. The fraction of sp³-hybridized carbons (Fsp3) is 0.643. The first-order chi connectivity index (χ1) is 9.63. The lowest BCUT2D eigenvalue weighted by Crippen LogP contribution is -2.26. The molecule has 0 saturated carbocycles. The highest BCUT2D eigenvalue weighted by Crippen LogP contribution is 2.16. The Labute approximate surface area is 121 Å². The molecule has 0 aliphatic carbocycles. The molecule has 1 aromatic rings. The summed E-state index contributed by atoms with van der Waals surface area (Å²) in [5, 5.41) is 3.22. The highest BCUT2D eigenvalue weighted by atomic mass is 16.5. The predicted octanol–water partition coefficient (Wildman–Crippen LogP) is 1.41. The van der Waals surface area contributed by atoms with Crippen molar-refractivity contribution in [3.05, 3.63) is 12.3 Å². The van der Waals surface area contributed by atoms with Crippen LogP contribution in [0.4, 0.5) is 17.2 Å². The molecule has 0 unspecified atom stereocenters. The maximum absolute atomic E-state index is 5.83. The van der Waals surface area contributed by atoms with E-state index in [-0.39, 0.29) is 0 Å². The highest BCUT2D eigenvalue weighted by molar-refractivity contribution is 5.65. The van der Waals surface area contributed by atoms with Gasteiger partial charge in [0.2, 0.25) is 0 Å². The zero-order chi connectivity index (χ0) is 14.8. The highest BCUT2D eigenvalue weighted by Gasteiger charge is 2.01. The lowest BCUT2D eigenvalue weighted by molar-refractivity contribution is 0.112. The van der Waals surface area contributed by atoms with Crippen LogP contribution in [-0.2, 0) is 4.74 Å². The Morgan fingerprint density at radius 3 is 2.80 bits per heavy atom. The van der Waals surface area contributed by atoms with Gasteiger partial charge in [0.15, 0.2) is 0 Å².